The number of amides is 1. The molecule has 0 spiro atoms. The molecule has 0 aromatic heterocycles. The van der Waals surface area contributed by atoms with Crippen LogP contribution in [0, 0.1) is 0 Å². The molecule has 0 fully saturated rings. The first-order valence-electron chi connectivity index (χ1n) is 3.66. The number of nitrogens with two attached hydrogens (primary N) is 1. The summed E-state index contributed by atoms with van der Waals surface area (Å²) in [6.45, 7) is 1.31. The molecule has 0 heterocycles. The first-order valence-corrected chi connectivity index (χ1v) is 4.29. The van der Waals surface area contributed by atoms with E-state index in [0.29, 0.717) is 12.2 Å². The molecule has 4 N–H and O–H groups in total. The number of hydrogen-bond donors (Lipinski definition) is 4. The molecule has 0 aliphatic carbocycles. The van der Waals surface area contributed by atoms with E-state index in [1.54, 1.807) is 5.59 Å². The SMILES string of the molecule is CC(=O)NC(CCS)C(=O)ONN. The van der Waals surface area contributed by atoms with Crippen molar-refractivity contribution in [3.63, 3.8) is 0 Å². The molecule has 13 heavy (non-hydrogen) atoms. The summed E-state index contributed by atoms with van der Waals surface area (Å²) in [4.78, 5) is 26.0. The summed E-state index contributed by atoms with van der Waals surface area (Å²) in [5.74, 6) is 4.29. The Balaban J connectivity index is 4.06. The lowest BCUT2D eigenvalue weighted by Gasteiger charge is -2.14. The second-order valence-electron chi connectivity index (χ2n) is 2.30. The number of hydrogen-bond acceptors (Lipinski definition) is 6. The molecule has 1 unspecified atom stereocenters. The van der Waals surface area contributed by atoms with Crippen molar-refractivity contribution < 1.29 is 14.4 Å². The zero-order valence-electron chi connectivity index (χ0n) is 7.24. The number of nitrogens with one attached hydrogen (secondary N) is 2. The van der Waals surface area contributed by atoms with Gasteiger partial charge in [0, 0.05) is 6.92 Å². The molecule has 1 amide bonds. The van der Waals surface area contributed by atoms with Crippen LogP contribution >= 0.6 is 12.6 Å². The number of thiol groups is 1. The van der Waals surface area contributed by atoms with Crippen molar-refractivity contribution in [1.82, 2.24) is 10.9 Å². The fourth-order valence-electron chi connectivity index (χ4n) is 0.753. The van der Waals surface area contributed by atoms with E-state index in [-0.39, 0.29) is 5.91 Å². The summed E-state index contributed by atoms with van der Waals surface area (Å²) in [5, 5.41) is 2.41. The highest BCUT2D eigenvalue weighted by Crippen LogP contribution is 1.96. The van der Waals surface area contributed by atoms with E-state index >= 15 is 0 Å². The Morgan fingerprint density at radius 1 is 1.62 bits per heavy atom. The highest BCUT2D eigenvalue weighted by atomic mass is 32.1. The second-order valence-corrected chi connectivity index (χ2v) is 2.75. The molecule has 1 atom stereocenters. The molecule has 0 aromatic rings. The van der Waals surface area contributed by atoms with Crippen LogP contribution in [-0.4, -0.2) is 23.7 Å². The maximum atomic E-state index is 11.1. The van der Waals surface area contributed by atoms with E-state index in [0.717, 1.165) is 0 Å². The lowest BCUT2D eigenvalue weighted by Crippen LogP contribution is -2.44. The zero-order valence-corrected chi connectivity index (χ0v) is 8.14. The average Bonchev–Trinajstić information content (AvgIpc) is 2.03. The number of hydrazine groups is 1. The summed E-state index contributed by atoms with van der Waals surface area (Å²) in [6, 6.07) is -0.703. The van der Waals surface area contributed by atoms with E-state index in [9.17, 15) is 9.59 Å². The van der Waals surface area contributed by atoms with E-state index in [1.807, 2.05) is 0 Å². The van der Waals surface area contributed by atoms with Crippen molar-refractivity contribution in [2.24, 2.45) is 5.84 Å². The Hall–Kier alpha value is -0.790. The third-order valence-electron chi connectivity index (χ3n) is 1.24. The third-order valence-corrected chi connectivity index (χ3v) is 1.50. The summed E-state index contributed by atoms with van der Waals surface area (Å²) in [6.07, 6.45) is 0.392. The summed E-state index contributed by atoms with van der Waals surface area (Å²) < 4.78 is 0. The maximum Gasteiger partial charge on any atom is 0.348 e. The lowest BCUT2D eigenvalue weighted by atomic mass is 10.2. The molecule has 0 aliphatic rings. The summed E-state index contributed by atoms with van der Waals surface area (Å²) in [7, 11) is 0. The van der Waals surface area contributed by atoms with Crippen molar-refractivity contribution in [3.8, 4) is 0 Å². The normalized spacial score (nSPS) is 11.9. The van der Waals surface area contributed by atoms with Crippen molar-refractivity contribution in [2.75, 3.05) is 5.75 Å². The van der Waals surface area contributed by atoms with Gasteiger partial charge in [0.2, 0.25) is 5.91 Å². The maximum absolute atomic E-state index is 11.1. The predicted molar refractivity (Wildman–Crippen MR) is 49.5 cm³/mol. The molecular weight excluding hydrogens is 194 g/mol. The molecule has 0 bridgehead atoms. The van der Waals surface area contributed by atoms with Crippen LogP contribution in [0.1, 0.15) is 13.3 Å². The van der Waals surface area contributed by atoms with Crippen LogP contribution in [0.3, 0.4) is 0 Å². The Bertz CT molecular complexity index is 188. The number of carbonyl (C=O) groups excluding carboxylic acids is 2. The van der Waals surface area contributed by atoms with Gasteiger partial charge in [-0.15, -0.1) is 0 Å². The van der Waals surface area contributed by atoms with E-state index in [1.165, 1.54) is 6.92 Å². The Morgan fingerprint density at radius 2 is 2.23 bits per heavy atom. The Morgan fingerprint density at radius 3 is 2.62 bits per heavy atom. The van der Waals surface area contributed by atoms with Crippen molar-refractivity contribution in [3.05, 3.63) is 0 Å². The summed E-state index contributed by atoms with van der Waals surface area (Å²) >= 11 is 3.93. The smallest absolute Gasteiger partial charge is 0.348 e. The van der Waals surface area contributed by atoms with Gasteiger partial charge in [-0.2, -0.15) is 12.6 Å². The quantitative estimate of drug-likeness (QED) is 0.256. The molecule has 0 saturated heterocycles. The molecule has 7 heteroatoms. The van der Waals surface area contributed by atoms with Crippen molar-refractivity contribution >= 4 is 24.5 Å². The van der Waals surface area contributed by atoms with Crippen LogP contribution in [0.4, 0.5) is 0 Å². The van der Waals surface area contributed by atoms with Crippen LogP contribution in [0.25, 0.3) is 0 Å². The van der Waals surface area contributed by atoms with Gasteiger partial charge in [-0.25, -0.2) is 10.6 Å². The second kappa shape index (κ2) is 6.70. The van der Waals surface area contributed by atoms with Crippen LogP contribution < -0.4 is 16.7 Å². The molecule has 6 nitrogen and oxygen atoms in total. The zero-order chi connectivity index (χ0) is 10.3. The van der Waals surface area contributed by atoms with Gasteiger partial charge in [0.05, 0.1) is 0 Å². The molecule has 0 aliphatic heterocycles. The van der Waals surface area contributed by atoms with Gasteiger partial charge in [-0.1, -0.05) is 5.59 Å². The predicted octanol–water partition coefficient (Wildman–Crippen LogP) is -1.27. The van der Waals surface area contributed by atoms with Gasteiger partial charge in [0.1, 0.15) is 6.04 Å². The topological polar surface area (TPSA) is 93.5 Å². The van der Waals surface area contributed by atoms with Crippen LogP contribution in [0.5, 0.6) is 0 Å². The standard InChI is InChI=1S/C6H13N3O3S/c1-4(10)8-5(2-3-13)6(11)12-9-7/h5,9,13H,2-3,7H2,1H3,(H,8,10). The number of carbonyl (C=O) groups is 2. The minimum atomic E-state index is -0.703. The van der Waals surface area contributed by atoms with Crippen LogP contribution in [0.15, 0.2) is 0 Å². The fraction of sp³-hybridized carbons (Fsp3) is 0.667. The number of rotatable bonds is 5. The minimum Gasteiger partial charge on any atom is -0.354 e. The van der Waals surface area contributed by atoms with Crippen LogP contribution in [0.2, 0.25) is 0 Å². The summed E-state index contributed by atoms with van der Waals surface area (Å²) in [5.41, 5.74) is 1.75. The minimum absolute atomic E-state index is 0.305. The Kier molecular flexibility index (Phi) is 6.29. The molecule has 0 rings (SSSR count). The van der Waals surface area contributed by atoms with Gasteiger partial charge >= 0.3 is 5.97 Å². The molecule has 0 radical (unpaired) electrons. The monoisotopic (exact) mass is 207 g/mol. The highest BCUT2D eigenvalue weighted by Gasteiger charge is 2.19. The van der Waals surface area contributed by atoms with Gasteiger partial charge in [0.15, 0.2) is 0 Å². The van der Waals surface area contributed by atoms with Gasteiger partial charge in [0.25, 0.3) is 0 Å². The first-order chi connectivity index (χ1) is 6.11. The fourth-order valence-corrected chi connectivity index (χ4v) is 1.01. The van der Waals surface area contributed by atoms with Gasteiger partial charge < -0.3 is 10.2 Å². The molecular formula is C6H13N3O3S. The average molecular weight is 207 g/mol. The van der Waals surface area contributed by atoms with Gasteiger partial charge in [-0.05, 0) is 12.2 Å². The van der Waals surface area contributed by atoms with E-state index in [2.05, 4.69) is 22.8 Å². The van der Waals surface area contributed by atoms with Crippen molar-refractivity contribution in [2.45, 2.75) is 19.4 Å². The molecule has 76 valence electrons. The highest BCUT2D eigenvalue weighted by molar-refractivity contribution is 7.80. The third kappa shape index (κ3) is 5.45. The van der Waals surface area contributed by atoms with Crippen LogP contribution in [-0.2, 0) is 14.4 Å². The van der Waals surface area contributed by atoms with E-state index in [4.69, 9.17) is 5.84 Å². The largest absolute Gasteiger partial charge is 0.354 e. The van der Waals surface area contributed by atoms with Gasteiger partial charge in [-0.3, -0.25) is 4.79 Å². The first kappa shape index (κ1) is 12.2. The molecule has 0 saturated carbocycles. The molecule has 0 aromatic carbocycles. The van der Waals surface area contributed by atoms with E-state index < -0.39 is 12.0 Å². The van der Waals surface area contributed by atoms with Crippen molar-refractivity contribution in [1.29, 1.82) is 0 Å². The Labute approximate surface area is 81.5 Å². The lowest BCUT2D eigenvalue weighted by molar-refractivity contribution is -0.155.